The van der Waals surface area contributed by atoms with E-state index in [1.807, 2.05) is 39.0 Å². The number of rotatable bonds is 6. The molecule has 0 atom stereocenters. The number of fused-ring (bicyclic) bond motifs is 1. The number of nitrogens with zero attached hydrogens (tertiary/aromatic N) is 2. The molecule has 4 rings (SSSR count). The van der Waals surface area contributed by atoms with Gasteiger partial charge in [0.15, 0.2) is 12.4 Å². The summed E-state index contributed by atoms with van der Waals surface area (Å²) in [5, 5.41) is 7.63. The van der Waals surface area contributed by atoms with Crippen LogP contribution in [0.2, 0.25) is 0 Å². The summed E-state index contributed by atoms with van der Waals surface area (Å²) in [5.74, 6) is 1.13. The molecule has 31 heavy (non-hydrogen) atoms. The fourth-order valence-corrected chi connectivity index (χ4v) is 3.05. The van der Waals surface area contributed by atoms with Crippen molar-refractivity contribution >= 4 is 22.6 Å². The third kappa shape index (κ3) is 4.48. The number of amides is 1. The van der Waals surface area contributed by atoms with Gasteiger partial charge < -0.3 is 19.0 Å². The Kier molecular flexibility index (Phi) is 5.53. The van der Waals surface area contributed by atoms with Crippen molar-refractivity contribution in [3.05, 3.63) is 70.3 Å². The highest BCUT2D eigenvalue weighted by molar-refractivity contribution is 5.96. The minimum absolute atomic E-state index is 0.125. The molecule has 2 aromatic carbocycles. The molecule has 2 aromatic heterocycles. The van der Waals surface area contributed by atoms with E-state index in [1.54, 1.807) is 24.3 Å². The average Bonchev–Trinajstić information content (AvgIpc) is 3.24. The van der Waals surface area contributed by atoms with Crippen LogP contribution in [0.4, 0.5) is 5.69 Å². The van der Waals surface area contributed by atoms with Crippen molar-refractivity contribution in [1.29, 1.82) is 0 Å². The molecule has 0 aliphatic heterocycles. The van der Waals surface area contributed by atoms with Crippen LogP contribution >= 0.6 is 0 Å². The molecule has 4 aromatic rings. The number of hydrogen-bond acceptors (Lipinski definition) is 7. The van der Waals surface area contributed by atoms with Crippen LogP contribution in [0.1, 0.15) is 31.2 Å². The minimum atomic E-state index is -0.448. The van der Waals surface area contributed by atoms with E-state index >= 15 is 0 Å². The second-order valence-electron chi connectivity index (χ2n) is 7.40. The third-order valence-corrected chi connectivity index (χ3v) is 4.69. The van der Waals surface area contributed by atoms with E-state index in [0.29, 0.717) is 34.3 Å². The Labute approximate surface area is 177 Å². The molecule has 158 valence electrons. The van der Waals surface area contributed by atoms with Gasteiger partial charge in [-0.15, -0.1) is 0 Å². The maximum absolute atomic E-state index is 12.6. The van der Waals surface area contributed by atoms with E-state index < -0.39 is 5.63 Å². The molecule has 0 saturated carbocycles. The van der Waals surface area contributed by atoms with Gasteiger partial charge in [-0.05, 0) is 36.8 Å². The quantitative estimate of drug-likeness (QED) is 0.464. The van der Waals surface area contributed by atoms with Crippen molar-refractivity contribution < 1.29 is 18.5 Å². The maximum atomic E-state index is 12.6. The zero-order valence-corrected chi connectivity index (χ0v) is 17.3. The highest BCUT2D eigenvalue weighted by Crippen LogP contribution is 2.30. The Balaban J connectivity index is 1.50. The molecule has 0 bridgehead atoms. The van der Waals surface area contributed by atoms with Crippen LogP contribution in [0, 0.1) is 6.92 Å². The van der Waals surface area contributed by atoms with E-state index in [1.165, 1.54) is 6.07 Å². The fraction of sp³-hybridized carbons (Fsp3) is 0.217. The number of ether oxygens (including phenoxy) is 1. The van der Waals surface area contributed by atoms with Crippen molar-refractivity contribution in [1.82, 2.24) is 10.1 Å². The van der Waals surface area contributed by atoms with Gasteiger partial charge in [-0.2, -0.15) is 4.98 Å². The molecular weight excluding hydrogens is 398 g/mol. The number of anilines is 1. The molecule has 8 nitrogen and oxygen atoms in total. The topological polar surface area (TPSA) is 107 Å². The molecule has 0 fully saturated rings. The second-order valence-corrected chi connectivity index (χ2v) is 7.40. The van der Waals surface area contributed by atoms with E-state index in [4.69, 9.17) is 13.7 Å². The number of aryl methyl sites for hydroxylation is 1. The third-order valence-electron chi connectivity index (χ3n) is 4.69. The van der Waals surface area contributed by atoms with E-state index in [2.05, 4.69) is 15.5 Å². The predicted molar refractivity (Wildman–Crippen MR) is 115 cm³/mol. The number of para-hydroxylation sites is 1. The first-order valence-corrected chi connectivity index (χ1v) is 9.81. The monoisotopic (exact) mass is 419 g/mol. The lowest BCUT2D eigenvalue weighted by atomic mass is 10.1. The summed E-state index contributed by atoms with van der Waals surface area (Å²) in [6.45, 7) is 5.61. The van der Waals surface area contributed by atoms with Crippen molar-refractivity contribution in [2.45, 2.75) is 26.7 Å². The SMILES string of the molecule is Cc1cccc(-c2nc(C(C)C)no2)c1NC(=O)COc1ccc2ccc(=O)oc2c1. The van der Waals surface area contributed by atoms with Crippen LogP contribution in [-0.4, -0.2) is 22.7 Å². The van der Waals surface area contributed by atoms with Gasteiger partial charge in [-0.3, -0.25) is 4.79 Å². The van der Waals surface area contributed by atoms with Crippen LogP contribution in [-0.2, 0) is 4.79 Å². The summed E-state index contributed by atoms with van der Waals surface area (Å²) in [6, 6.07) is 13.6. The smallest absolute Gasteiger partial charge is 0.336 e. The van der Waals surface area contributed by atoms with Crippen molar-refractivity contribution in [2.24, 2.45) is 0 Å². The second kappa shape index (κ2) is 8.43. The zero-order chi connectivity index (χ0) is 22.0. The Bertz CT molecular complexity index is 1310. The van der Waals surface area contributed by atoms with Crippen LogP contribution in [0.25, 0.3) is 22.4 Å². The number of nitrogens with one attached hydrogen (secondary N) is 1. The number of aromatic nitrogens is 2. The molecule has 0 unspecified atom stereocenters. The molecule has 0 aliphatic carbocycles. The lowest BCUT2D eigenvalue weighted by Gasteiger charge is -2.12. The van der Waals surface area contributed by atoms with Gasteiger partial charge in [0.25, 0.3) is 11.8 Å². The Hall–Kier alpha value is -3.94. The maximum Gasteiger partial charge on any atom is 0.336 e. The van der Waals surface area contributed by atoms with Crippen LogP contribution in [0.5, 0.6) is 5.75 Å². The summed E-state index contributed by atoms with van der Waals surface area (Å²) in [4.78, 5) is 28.4. The van der Waals surface area contributed by atoms with Gasteiger partial charge in [-0.25, -0.2) is 4.79 Å². The van der Waals surface area contributed by atoms with Gasteiger partial charge >= 0.3 is 5.63 Å². The molecular formula is C23H21N3O5. The molecule has 8 heteroatoms. The van der Waals surface area contributed by atoms with Crippen molar-refractivity contribution in [3.8, 4) is 17.2 Å². The summed E-state index contributed by atoms with van der Waals surface area (Å²) < 4.78 is 16.1. The molecule has 2 heterocycles. The number of benzene rings is 2. The summed E-state index contributed by atoms with van der Waals surface area (Å²) >= 11 is 0. The molecule has 0 saturated heterocycles. The molecule has 0 radical (unpaired) electrons. The zero-order valence-electron chi connectivity index (χ0n) is 17.3. The highest BCUT2D eigenvalue weighted by Gasteiger charge is 2.18. The number of hydrogen-bond donors (Lipinski definition) is 1. The van der Waals surface area contributed by atoms with Gasteiger partial charge in [-0.1, -0.05) is 31.1 Å². The van der Waals surface area contributed by atoms with Gasteiger partial charge in [0, 0.05) is 23.4 Å². The summed E-state index contributed by atoms with van der Waals surface area (Å²) in [6.07, 6.45) is 0. The normalized spacial score (nSPS) is 11.1. The Morgan fingerprint density at radius 3 is 2.74 bits per heavy atom. The van der Waals surface area contributed by atoms with Gasteiger partial charge in [0.1, 0.15) is 11.3 Å². The van der Waals surface area contributed by atoms with Crippen molar-refractivity contribution in [2.75, 3.05) is 11.9 Å². The van der Waals surface area contributed by atoms with Gasteiger partial charge in [0.05, 0.1) is 11.3 Å². The molecule has 0 spiro atoms. The lowest BCUT2D eigenvalue weighted by molar-refractivity contribution is -0.118. The minimum Gasteiger partial charge on any atom is -0.484 e. The first-order valence-electron chi connectivity index (χ1n) is 9.81. The Morgan fingerprint density at radius 2 is 1.97 bits per heavy atom. The summed E-state index contributed by atoms with van der Waals surface area (Å²) in [7, 11) is 0. The van der Waals surface area contributed by atoms with Crippen LogP contribution in [0.3, 0.4) is 0 Å². The van der Waals surface area contributed by atoms with E-state index in [0.717, 1.165) is 10.9 Å². The molecule has 1 amide bonds. The standard InChI is InChI=1S/C23H21N3O5/c1-13(2)22-25-23(31-26-22)17-6-4-5-14(3)21(17)24-19(27)12-29-16-9-7-15-8-10-20(28)30-18(15)11-16/h4-11,13H,12H2,1-3H3,(H,24,27). The van der Waals surface area contributed by atoms with Crippen molar-refractivity contribution in [3.63, 3.8) is 0 Å². The summed E-state index contributed by atoms with van der Waals surface area (Å²) in [5.41, 5.74) is 2.02. The Morgan fingerprint density at radius 1 is 1.16 bits per heavy atom. The average molecular weight is 419 g/mol. The van der Waals surface area contributed by atoms with Crippen LogP contribution in [0.15, 0.2) is 62.3 Å². The van der Waals surface area contributed by atoms with E-state index in [-0.39, 0.29) is 18.4 Å². The highest BCUT2D eigenvalue weighted by atomic mass is 16.5. The van der Waals surface area contributed by atoms with E-state index in [9.17, 15) is 9.59 Å². The van der Waals surface area contributed by atoms with Gasteiger partial charge in [0.2, 0.25) is 0 Å². The first-order chi connectivity index (χ1) is 14.9. The molecule has 0 aliphatic rings. The molecule has 1 N–H and O–H groups in total. The largest absolute Gasteiger partial charge is 0.484 e. The predicted octanol–water partition coefficient (Wildman–Crippen LogP) is 4.29. The number of carbonyl (C=O) groups excluding carboxylic acids is 1. The first kappa shape index (κ1) is 20.3. The fourth-order valence-electron chi connectivity index (χ4n) is 3.05. The lowest BCUT2D eigenvalue weighted by Crippen LogP contribution is -2.21. The van der Waals surface area contributed by atoms with Crippen LogP contribution < -0.4 is 15.7 Å². The number of carbonyl (C=O) groups is 1.